The number of hydrogen-bond donors (Lipinski definition) is 1. The first-order valence-electron chi connectivity index (χ1n) is 11.8. The number of amides is 1. The average molecular weight is 515 g/mol. The highest BCUT2D eigenvalue weighted by Gasteiger charge is 2.38. The SMILES string of the molecule is C[C@@H]1CN([C@@H](C)CO)S(=O)(=O)c2ccc(C#Cc3cccnc3)cc2O[C@@H]1CN(C)C(=O)CN(C)C. The molecule has 1 N–H and O–H groups in total. The van der Waals surface area contributed by atoms with E-state index in [0.717, 1.165) is 5.56 Å². The normalized spacial score (nSPS) is 20.2. The van der Waals surface area contributed by atoms with Gasteiger partial charge in [-0.1, -0.05) is 18.8 Å². The number of ether oxygens (including phenoxy) is 1. The van der Waals surface area contributed by atoms with Crippen molar-refractivity contribution >= 4 is 15.9 Å². The molecule has 2 heterocycles. The second-order valence-electron chi connectivity index (χ2n) is 9.41. The number of likely N-dealkylation sites (N-methyl/N-ethyl adjacent to an activating group) is 2. The Labute approximate surface area is 213 Å². The molecule has 0 saturated heterocycles. The predicted octanol–water partition coefficient (Wildman–Crippen LogP) is 1.27. The molecular formula is C26H34N4O5S. The molecule has 3 rings (SSSR count). The number of carbonyl (C=O) groups is 1. The van der Waals surface area contributed by atoms with Gasteiger partial charge in [-0.05, 0) is 51.4 Å². The summed E-state index contributed by atoms with van der Waals surface area (Å²) < 4.78 is 34.8. The Kier molecular flexibility index (Phi) is 9.08. The summed E-state index contributed by atoms with van der Waals surface area (Å²) in [6.45, 7) is 3.92. The van der Waals surface area contributed by atoms with E-state index in [1.807, 2.05) is 27.1 Å². The maximum Gasteiger partial charge on any atom is 0.247 e. The Bertz CT molecular complexity index is 1220. The Hall–Kier alpha value is -2.97. The van der Waals surface area contributed by atoms with Crippen molar-refractivity contribution in [3.63, 3.8) is 0 Å². The van der Waals surface area contributed by atoms with Gasteiger partial charge in [-0.3, -0.25) is 9.78 Å². The van der Waals surface area contributed by atoms with Gasteiger partial charge < -0.3 is 19.6 Å². The monoisotopic (exact) mass is 514 g/mol. The zero-order valence-corrected chi connectivity index (χ0v) is 22.2. The minimum Gasteiger partial charge on any atom is -0.487 e. The maximum absolute atomic E-state index is 13.6. The van der Waals surface area contributed by atoms with E-state index in [4.69, 9.17) is 4.74 Å². The lowest BCUT2D eigenvalue weighted by Gasteiger charge is -2.37. The van der Waals surface area contributed by atoms with Crippen LogP contribution in [0.5, 0.6) is 5.75 Å². The standard InChI is InChI=1S/C26H34N4O5S/c1-19-15-30(20(2)18-31)36(33,34)25-11-10-21(8-9-22-7-6-12-27-14-22)13-23(25)35-24(19)16-29(5)26(32)17-28(3)4/h6-7,10-14,19-20,24,31H,15-18H2,1-5H3/t19-,20+,24-/m1/s1. The van der Waals surface area contributed by atoms with Crippen LogP contribution in [0.4, 0.5) is 0 Å². The summed E-state index contributed by atoms with van der Waals surface area (Å²) in [4.78, 5) is 20.0. The Morgan fingerprint density at radius 2 is 1.97 bits per heavy atom. The van der Waals surface area contributed by atoms with Crippen molar-refractivity contribution in [3.8, 4) is 17.6 Å². The van der Waals surface area contributed by atoms with E-state index < -0.39 is 22.2 Å². The van der Waals surface area contributed by atoms with Gasteiger partial charge in [0.15, 0.2) is 0 Å². The van der Waals surface area contributed by atoms with Gasteiger partial charge in [0.2, 0.25) is 15.9 Å². The van der Waals surface area contributed by atoms with E-state index in [9.17, 15) is 18.3 Å². The van der Waals surface area contributed by atoms with Crippen molar-refractivity contribution < 1.29 is 23.1 Å². The number of sulfonamides is 1. The lowest BCUT2D eigenvalue weighted by molar-refractivity contribution is -0.132. The van der Waals surface area contributed by atoms with E-state index >= 15 is 0 Å². The molecule has 0 spiro atoms. The molecule has 0 unspecified atom stereocenters. The van der Waals surface area contributed by atoms with Crippen LogP contribution in [0.3, 0.4) is 0 Å². The Morgan fingerprint density at radius 1 is 1.25 bits per heavy atom. The summed E-state index contributed by atoms with van der Waals surface area (Å²) in [5, 5.41) is 9.79. The fourth-order valence-corrected chi connectivity index (χ4v) is 5.69. The minimum atomic E-state index is -3.95. The van der Waals surface area contributed by atoms with Crippen molar-refractivity contribution in [2.24, 2.45) is 5.92 Å². The zero-order chi connectivity index (χ0) is 26.5. The van der Waals surface area contributed by atoms with Crippen molar-refractivity contribution in [1.82, 2.24) is 19.1 Å². The molecule has 1 aliphatic rings. The van der Waals surface area contributed by atoms with Gasteiger partial charge in [0.1, 0.15) is 16.7 Å². The molecule has 1 amide bonds. The van der Waals surface area contributed by atoms with Crippen LogP contribution in [0.1, 0.15) is 25.0 Å². The van der Waals surface area contributed by atoms with Crippen LogP contribution in [0, 0.1) is 17.8 Å². The molecule has 194 valence electrons. The fraction of sp³-hybridized carbons (Fsp3) is 0.462. The highest BCUT2D eigenvalue weighted by atomic mass is 32.2. The van der Waals surface area contributed by atoms with Crippen molar-refractivity contribution in [1.29, 1.82) is 0 Å². The quantitative estimate of drug-likeness (QED) is 0.579. The topological polar surface area (TPSA) is 103 Å². The van der Waals surface area contributed by atoms with Gasteiger partial charge in [-0.2, -0.15) is 4.31 Å². The van der Waals surface area contributed by atoms with Crippen molar-refractivity contribution in [2.45, 2.75) is 30.9 Å². The second-order valence-corrected chi connectivity index (χ2v) is 11.3. The fourth-order valence-electron chi connectivity index (χ4n) is 3.87. The number of pyridine rings is 1. The van der Waals surface area contributed by atoms with E-state index in [-0.39, 0.29) is 48.7 Å². The van der Waals surface area contributed by atoms with Gasteiger partial charge in [-0.25, -0.2) is 8.42 Å². The first-order chi connectivity index (χ1) is 17.0. The van der Waals surface area contributed by atoms with Crippen molar-refractivity contribution in [3.05, 3.63) is 53.9 Å². The molecule has 1 aromatic heterocycles. The van der Waals surface area contributed by atoms with E-state index in [1.165, 1.54) is 10.4 Å². The molecule has 10 heteroatoms. The van der Waals surface area contributed by atoms with E-state index in [2.05, 4.69) is 16.8 Å². The van der Waals surface area contributed by atoms with Gasteiger partial charge >= 0.3 is 0 Å². The number of carbonyl (C=O) groups excluding carboxylic acids is 1. The first-order valence-corrected chi connectivity index (χ1v) is 13.2. The molecule has 3 atom stereocenters. The lowest BCUT2D eigenvalue weighted by Crippen LogP contribution is -2.50. The smallest absolute Gasteiger partial charge is 0.247 e. The number of aromatic nitrogens is 1. The molecule has 9 nitrogen and oxygen atoms in total. The van der Waals surface area contributed by atoms with Crippen LogP contribution < -0.4 is 4.74 Å². The highest BCUT2D eigenvalue weighted by Crippen LogP contribution is 2.34. The number of aliphatic hydroxyl groups excluding tert-OH is 1. The van der Waals surface area contributed by atoms with E-state index in [0.29, 0.717) is 5.56 Å². The molecule has 0 bridgehead atoms. The number of rotatable bonds is 6. The first kappa shape index (κ1) is 27.6. The lowest BCUT2D eigenvalue weighted by atomic mass is 10.0. The summed E-state index contributed by atoms with van der Waals surface area (Å²) in [5.74, 6) is 5.90. The number of aliphatic hydroxyl groups is 1. The van der Waals surface area contributed by atoms with Crippen LogP contribution in [-0.4, -0.2) is 98.1 Å². The van der Waals surface area contributed by atoms with Crippen LogP contribution >= 0.6 is 0 Å². The van der Waals surface area contributed by atoms with Gasteiger partial charge in [0.05, 0.1) is 19.7 Å². The average Bonchev–Trinajstić information content (AvgIpc) is 2.84. The van der Waals surface area contributed by atoms with Gasteiger partial charge in [-0.15, -0.1) is 0 Å². The van der Waals surface area contributed by atoms with Gasteiger partial charge in [0, 0.05) is 49.1 Å². The third-order valence-electron chi connectivity index (χ3n) is 6.01. The molecule has 0 aliphatic carbocycles. The third-order valence-corrected chi connectivity index (χ3v) is 8.03. The Morgan fingerprint density at radius 3 is 2.61 bits per heavy atom. The summed E-state index contributed by atoms with van der Waals surface area (Å²) in [6.07, 6.45) is 2.83. The number of hydrogen-bond acceptors (Lipinski definition) is 7. The number of fused-ring (bicyclic) bond motifs is 1. The van der Waals surface area contributed by atoms with Crippen LogP contribution in [0.15, 0.2) is 47.6 Å². The minimum absolute atomic E-state index is 0.00824. The molecule has 2 aromatic rings. The third kappa shape index (κ3) is 6.62. The summed E-state index contributed by atoms with van der Waals surface area (Å²) in [5.41, 5.74) is 1.31. The van der Waals surface area contributed by atoms with Crippen LogP contribution in [-0.2, 0) is 14.8 Å². The molecular weight excluding hydrogens is 480 g/mol. The number of benzene rings is 1. The van der Waals surface area contributed by atoms with Gasteiger partial charge in [0.25, 0.3) is 0 Å². The van der Waals surface area contributed by atoms with Crippen molar-refractivity contribution in [2.75, 3.05) is 47.4 Å². The summed E-state index contributed by atoms with van der Waals surface area (Å²) in [6, 6.07) is 7.74. The predicted molar refractivity (Wildman–Crippen MR) is 137 cm³/mol. The maximum atomic E-state index is 13.6. The Balaban J connectivity index is 2.03. The molecule has 1 aromatic carbocycles. The number of nitrogens with zero attached hydrogens (tertiary/aromatic N) is 4. The zero-order valence-electron chi connectivity index (χ0n) is 21.4. The second kappa shape index (κ2) is 11.8. The summed E-state index contributed by atoms with van der Waals surface area (Å²) in [7, 11) is 1.41. The largest absolute Gasteiger partial charge is 0.487 e. The highest BCUT2D eigenvalue weighted by molar-refractivity contribution is 7.89. The summed E-state index contributed by atoms with van der Waals surface area (Å²) >= 11 is 0. The molecule has 1 aliphatic heterocycles. The molecule has 0 saturated carbocycles. The van der Waals surface area contributed by atoms with Crippen LogP contribution in [0.2, 0.25) is 0 Å². The molecule has 0 radical (unpaired) electrons. The van der Waals surface area contributed by atoms with Crippen LogP contribution in [0.25, 0.3) is 0 Å². The molecule has 36 heavy (non-hydrogen) atoms. The van der Waals surface area contributed by atoms with E-state index in [1.54, 1.807) is 54.4 Å². The molecule has 0 fully saturated rings.